The lowest BCUT2D eigenvalue weighted by atomic mass is 10.0. The van der Waals surface area contributed by atoms with Crippen LogP contribution in [0.2, 0.25) is 0 Å². The molecular formula is C17H27N3O. The number of hydrogen-bond acceptors (Lipinski definition) is 3. The first-order valence-electron chi connectivity index (χ1n) is 7.93. The van der Waals surface area contributed by atoms with Gasteiger partial charge in [-0.2, -0.15) is 0 Å². The number of benzene rings is 1. The van der Waals surface area contributed by atoms with Crippen molar-refractivity contribution < 1.29 is 4.79 Å². The molecule has 4 heteroatoms. The molecule has 0 radical (unpaired) electrons. The summed E-state index contributed by atoms with van der Waals surface area (Å²) in [7, 11) is 0. The monoisotopic (exact) mass is 289 g/mol. The van der Waals surface area contributed by atoms with Crippen LogP contribution in [0.4, 0.5) is 11.4 Å². The standard InChI is InChI=1S/C17H27N3O/c1-13-4-3-9-20(10-7-13)11-8-17(21)19-16-6-5-15(18)12-14(16)2/h5-6,12-13H,3-4,7-11,18H2,1-2H3,(H,19,21). The Kier molecular flexibility index (Phi) is 5.62. The van der Waals surface area contributed by atoms with Crippen LogP contribution in [0.15, 0.2) is 18.2 Å². The summed E-state index contributed by atoms with van der Waals surface area (Å²) in [6.45, 7) is 7.38. The molecule has 0 aromatic heterocycles. The maximum atomic E-state index is 12.1. The van der Waals surface area contributed by atoms with E-state index < -0.39 is 0 Å². The Morgan fingerprint density at radius 2 is 2.19 bits per heavy atom. The molecule has 21 heavy (non-hydrogen) atoms. The maximum absolute atomic E-state index is 12.1. The van der Waals surface area contributed by atoms with Crippen LogP contribution < -0.4 is 11.1 Å². The summed E-state index contributed by atoms with van der Waals surface area (Å²) in [4.78, 5) is 14.5. The number of anilines is 2. The van der Waals surface area contributed by atoms with Gasteiger partial charge in [0.15, 0.2) is 0 Å². The highest BCUT2D eigenvalue weighted by Gasteiger charge is 2.14. The molecule has 0 aliphatic carbocycles. The molecule has 0 spiro atoms. The quantitative estimate of drug-likeness (QED) is 0.838. The van der Waals surface area contributed by atoms with Gasteiger partial charge < -0.3 is 16.0 Å². The van der Waals surface area contributed by atoms with E-state index in [1.807, 2.05) is 25.1 Å². The van der Waals surface area contributed by atoms with Crippen molar-refractivity contribution in [1.82, 2.24) is 4.90 Å². The summed E-state index contributed by atoms with van der Waals surface area (Å²) in [6, 6.07) is 5.57. The van der Waals surface area contributed by atoms with Gasteiger partial charge in [-0.1, -0.05) is 6.92 Å². The highest BCUT2D eigenvalue weighted by Crippen LogP contribution is 2.19. The molecule has 1 saturated heterocycles. The highest BCUT2D eigenvalue weighted by molar-refractivity contribution is 5.91. The van der Waals surface area contributed by atoms with Crippen molar-refractivity contribution in [1.29, 1.82) is 0 Å². The van der Waals surface area contributed by atoms with E-state index >= 15 is 0 Å². The van der Waals surface area contributed by atoms with Crippen LogP contribution in [0.5, 0.6) is 0 Å². The predicted octanol–water partition coefficient (Wildman–Crippen LogP) is 3.03. The SMILES string of the molecule is Cc1cc(N)ccc1NC(=O)CCN1CCCC(C)CC1. The number of hydrogen-bond donors (Lipinski definition) is 2. The summed E-state index contributed by atoms with van der Waals surface area (Å²) in [5, 5.41) is 2.98. The third-order valence-corrected chi connectivity index (χ3v) is 4.29. The molecule has 1 amide bonds. The summed E-state index contributed by atoms with van der Waals surface area (Å²) < 4.78 is 0. The molecule has 116 valence electrons. The van der Waals surface area contributed by atoms with Gasteiger partial charge in [0.05, 0.1) is 0 Å². The first-order valence-corrected chi connectivity index (χ1v) is 7.93. The Morgan fingerprint density at radius 3 is 2.95 bits per heavy atom. The molecule has 1 atom stereocenters. The van der Waals surface area contributed by atoms with Gasteiger partial charge in [0.2, 0.25) is 5.91 Å². The number of nitrogens with zero attached hydrogens (tertiary/aromatic N) is 1. The number of aryl methyl sites for hydroxylation is 1. The number of likely N-dealkylation sites (tertiary alicyclic amines) is 1. The van der Waals surface area contributed by atoms with Gasteiger partial charge in [-0.3, -0.25) is 4.79 Å². The van der Waals surface area contributed by atoms with E-state index in [-0.39, 0.29) is 5.91 Å². The van der Waals surface area contributed by atoms with E-state index in [4.69, 9.17) is 5.73 Å². The van der Waals surface area contributed by atoms with Crippen molar-refractivity contribution in [3.05, 3.63) is 23.8 Å². The molecule has 0 saturated carbocycles. The van der Waals surface area contributed by atoms with Crippen LogP contribution in [0.25, 0.3) is 0 Å². The zero-order chi connectivity index (χ0) is 15.2. The van der Waals surface area contributed by atoms with Gasteiger partial charge in [-0.25, -0.2) is 0 Å². The van der Waals surface area contributed by atoms with Crippen LogP contribution in [0.3, 0.4) is 0 Å². The zero-order valence-corrected chi connectivity index (χ0v) is 13.2. The molecule has 1 unspecified atom stereocenters. The molecule has 0 bridgehead atoms. The Balaban J connectivity index is 1.79. The van der Waals surface area contributed by atoms with E-state index in [9.17, 15) is 4.79 Å². The smallest absolute Gasteiger partial charge is 0.225 e. The third-order valence-electron chi connectivity index (χ3n) is 4.29. The number of nitrogen functional groups attached to an aromatic ring is 1. The largest absolute Gasteiger partial charge is 0.399 e. The number of amides is 1. The summed E-state index contributed by atoms with van der Waals surface area (Å²) in [6.07, 6.45) is 4.37. The molecule has 1 heterocycles. The van der Waals surface area contributed by atoms with Crippen molar-refractivity contribution in [2.75, 3.05) is 30.7 Å². The third kappa shape index (κ3) is 5.05. The first-order chi connectivity index (χ1) is 10.0. The lowest BCUT2D eigenvalue weighted by Crippen LogP contribution is -2.29. The fourth-order valence-electron chi connectivity index (χ4n) is 2.85. The molecule has 1 aliphatic heterocycles. The summed E-state index contributed by atoms with van der Waals surface area (Å²) in [5.74, 6) is 0.904. The molecule has 4 nitrogen and oxygen atoms in total. The second-order valence-electron chi connectivity index (χ2n) is 6.25. The predicted molar refractivity (Wildman–Crippen MR) is 88.3 cm³/mol. The summed E-state index contributed by atoms with van der Waals surface area (Å²) >= 11 is 0. The van der Waals surface area contributed by atoms with E-state index in [1.165, 1.54) is 19.3 Å². The van der Waals surface area contributed by atoms with Crippen molar-refractivity contribution >= 4 is 17.3 Å². The van der Waals surface area contributed by atoms with E-state index in [2.05, 4.69) is 17.1 Å². The Bertz CT molecular complexity index is 487. The van der Waals surface area contributed by atoms with Crippen molar-refractivity contribution in [3.63, 3.8) is 0 Å². The maximum Gasteiger partial charge on any atom is 0.225 e. The molecule has 3 N–H and O–H groups in total. The zero-order valence-electron chi connectivity index (χ0n) is 13.2. The number of rotatable bonds is 4. The van der Waals surface area contributed by atoms with Crippen LogP contribution >= 0.6 is 0 Å². The Labute approximate surface area is 127 Å². The van der Waals surface area contributed by atoms with Gasteiger partial charge in [0.25, 0.3) is 0 Å². The fourth-order valence-corrected chi connectivity index (χ4v) is 2.85. The Hall–Kier alpha value is -1.55. The van der Waals surface area contributed by atoms with Gasteiger partial charge in [-0.15, -0.1) is 0 Å². The highest BCUT2D eigenvalue weighted by atomic mass is 16.1. The fraction of sp³-hybridized carbons (Fsp3) is 0.588. The second kappa shape index (κ2) is 7.46. The van der Waals surface area contributed by atoms with Crippen LogP contribution in [0.1, 0.15) is 38.2 Å². The molecule has 1 aliphatic rings. The Morgan fingerprint density at radius 1 is 1.38 bits per heavy atom. The lowest BCUT2D eigenvalue weighted by Gasteiger charge is -2.19. The van der Waals surface area contributed by atoms with Gasteiger partial charge in [0.1, 0.15) is 0 Å². The minimum atomic E-state index is 0.0835. The summed E-state index contributed by atoms with van der Waals surface area (Å²) in [5.41, 5.74) is 8.31. The molecule has 2 rings (SSSR count). The number of carbonyl (C=O) groups is 1. The average Bonchev–Trinajstić information content (AvgIpc) is 2.64. The van der Waals surface area contributed by atoms with Crippen LogP contribution in [-0.2, 0) is 4.79 Å². The van der Waals surface area contributed by atoms with Crippen LogP contribution in [0, 0.1) is 12.8 Å². The average molecular weight is 289 g/mol. The van der Waals surface area contributed by atoms with Crippen molar-refractivity contribution in [3.8, 4) is 0 Å². The minimum absolute atomic E-state index is 0.0835. The van der Waals surface area contributed by atoms with Gasteiger partial charge in [0, 0.05) is 24.3 Å². The van der Waals surface area contributed by atoms with Crippen LogP contribution in [-0.4, -0.2) is 30.4 Å². The van der Waals surface area contributed by atoms with Crippen molar-refractivity contribution in [2.24, 2.45) is 5.92 Å². The molecular weight excluding hydrogens is 262 g/mol. The topological polar surface area (TPSA) is 58.4 Å². The van der Waals surface area contributed by atoms with E-state index in [0.29, 0.717) is 6.42 Å². The molecule has 1 aromatic rings. The number of nitrogens with two attached hydrogens (primary N) is 1. The minimum Gasteiger partial charge on any atom is -0.399 e. The normalized spacial score (nSPS) is 20.0. The van der Waals surface area contributed by atoms with Gasteiger partial charge in [-0.05, 0) is 69.0 Å². The van der Waals surface area contributed by atoms with E-state index in [1.54, 1.807) is 0 Å². The van der Waals surface area contributed by atoms with Crippen molar-refractivity contribution in [2.45, 2.75) is 39.5 Å². The second-order valence-corrected chi connectivity index (χ2v) is 6.25. The lowest BCUT2D eigenvalue weighted by molar-refractivity contribution is -0.116. The molecule has 1 aromatic carbocycles. The van der Waals surface area contributed by atoms with E-state index in [0.717, 1.165) is 42.5 Å². The molecule has 1 fully saturated rings. The number of carbonyl (C=O) groups excluding carboxylic acids is 1. The first kappa shape index (κ1) is 15.8. The number of nitrogens with one attached hydrogen (secondary N) is 1. The van der Waals surface area contributed by atoms with Gasteiger partial charge >= 0.3 is 0 Å².